The smallest absolute Gasteiger partial charge is 0.407 e. The van der Waals surface area contributed by atoms with Crippen LogP contribution in [0.3, 0.4) is 0 Å². The lowest BCUT2D eigenvalue weighted by atomic mass is 9.94. The number of fused-ring (bicyclic) bond motifs is 3. The minimum absolute atomic E-state index is 0.0762. The largest absolute Gasteiger partial charge is 0.449 e. The Morgan fingerprint density at radius 2 is 0.942 bits per heavy atom. The Hall–Kier alpha value is -6.86. The second-order valence-corrected chi connectivity index (χ2v) is 34.5. The quantitative estimate of drug-likeness (QED) is 0.0144. The molecule has 1 saturated heterocycles. The van der Waals surface area contributed by atoms with E-state index in [1.165, 1.54) is 18.2 Å². The van der Waals surface area contributed by atoms with Crippen molar-refractivity contribution in [1.29, 1.82) is 15.8 Å². The van der Waals surface area contributed by atoms with Crippen LogP contribution < -0.4 is 21.3 Å². The van der Waals surface area contributed by atoms with Crippen molar-refractivity contribution >= 4 is 52.8 Å². The summed E-state index contributed by atoms with van der Waals surface area (Å²) in [5, 5.41) is 40.8. The average molecular weight is 1740 g/mol. The molecule has 0 aromatic rings. The van der Waals surface area contributed by atoms with Crippen LogP contribution in [0.1, 0.15) is 222 Å². The zero-order valence-corrected chi connectivity index (χ0v) is 75.2. The van der Waals surface area contributed by atoms with E-state index in [1.807, 2.05) is 45.4 Å². The summed E-state index contributed by atoms with van der Waals surface area (Å²) in [4.78, 5) is 86.7. The molecular weight excluding hydrogens is 1600 g/mol. The summed E-state index contributed by atoms with van der Waals surface area (Å²) in [7, 11) is -2.06. The highest BCUT2D eigenvalue weighted by Gasteiger charge is 2.51. The fourth-order valence-corrected chi connectivity index (χ4v) is 17.6. The molecule has 676 valence electrons. The SMILES string of the molecule is C=C(CCCC(=O)ON1C(=O)CCC1=O)NCCOCCOCCNC(=O)OCC1[C@H]2CCC#CCC[C@@H]12.CC(C)N(C(C)C)N(OCCC#N)OCCOCCNC(=O)C1(F)C#CCCCCC1.CC(C)N(C(C)C)P(OCCC#N)OCCOCCNC(=O)OCC1[C@H]2CCC#CCC[C@@H]12.CP(OCCC#N)OCCC1[C@H]2CCC#CCC[C@@H]12. The molecule has 1 heterocycles. The molecule has 1 aliphatic heterocycles. The van der Waals surface area contributed by atoms with Gasteiger partial charge < -0.3 is 72.6 Å². The van der Waals surface area contributed by atoms with Crippen LogP contribution in [0.2, 0.25) is 0 Å². The molecule has 0 radical (unpaired) electrons. The molecule has 0 bridgehead atoms. The van der Waals surface area contributed by atoms with Crippen LogP contribution in [-0.2, 0) is 80.2 Å². The number of hydroxylamine groups is 2. The molecule has 6 unspecified atom stereocenters. The van der Waals surface area contributed by atoms with Crippen LogP contribution >= 0.6 is 16.9 Å². The number of hydrazine groups is 1. The van der Waals surface area contributed by atoms with E-state index in [-0.39, 0.29) is 95.3 Å². The summed E-state index contributed by atoms with van der Waals surface area (Å²) in [5.74, 6) is 28.5. The highest BCUT2D eigenvalue weighted by atomic mass is 31.2. The third-order valence-electron chi connectivity index (χ3n) is 21.3. The van der Waals surface area contributed by atoms with Crippen LogP contribution in [0.25, 0.3) is 0 Å². The molecule has 4 N–H and O–H groups in total. The van der Waals surface area contributed by atoms with E-state index in [0.29, 0.717) is 171 Å². The average Bonchev–Trinajstić information content (AvgIpc) is 1.64. The van der Waals surface area contributed by atoms with Crippen LogP contribution in [0.15, 0.2) is 12.3 Å². The topological polar surface area (TPSA) is 355 Å². The Bertz CT molecular complexity index is 3400. The number of nitriles is 3. The van der Waals surface area contributed by atoms with Gasteiger partial charge in [0, 0.05) is 139 Å². The van der Waals surface area contributed by atoms with Crippen molar-refractivity contribution in [2.45, 2.75) is 252 Å². The lowest BCUT2D eigenvalue weighted by Gasteiger charge is -2.37. The zero-order valence-electron chi connectivity index (χ0n) is 73.4. The summed E-state index contributed by atoms with van der Waals surface area (Å²) in [6.45, 7) is 30.2. The number of alkyl halides is 1. The molecule has 0 aromatic heterocycles. The molecule has 5 amide bonds. The fourth-order valence-electron chi connectivity index (χ4n) is 15.2. The van der Waals surface area contributed by atoms with E-state index in [4.69, 9.17) is 76.8 Å². The summed E-state index contributed by atoms with van der Waals surface area (Å²) in [5.41, 5.74) is -1.36. The number of halogens is 1. The van der Waals surface area contributed by atoms with Gasteiger partial charge in [0.25, 0.3) is 26.2 Å². The number of allylic oxidation sites excluding steroid dienone is 1. The molecule has 4 fully saturated rings. The van der Waals surface area contributed by atoms with Gasteiger partial charge in [-0.15, -0.1) is 40.6 Å². The van der Waals surface area contributed by atoms with Gasteiger partial charge in [-0.25, -0.2) is 23.4 Å². The highest BCUT2D eigenvalue weighted by molar-refractivity contribution is 7.46. The standard InChI is InChI=1S/C27H39N3O8.C24H40N3O5P.C22H37FN4O4.C15H22NO2P/c1-20(7-6-10-26(33)38-30-24(31)11-12-25(30)32)28-13-15-35-17-18-36-16-14-29-27(34)37-19-23-21-8-4-2-3-5-9-22(21)23;1-19(2)27(20(3)4)33(31-14-9-12-25)32-17-16-29-15-13-26-24(28)30-18-23-21-10-7-5-6-8-11-22(21)23;1-19(2)26(20(3)4)27(30-15-10-13-24)31-18-17-29-16-14-25-21(28)22(23)11-8-6-5-7-9-12-22;1-19(17-11-6-10-16)18-12-9-15-13-7-4-2-3-5-8-14(13)15/h21-23,28H,1,4-19H2,(H,29,34);19-23H,7-11,13-18H2,1-4H3,(H,26,28);19-20H,5-8,10-11,14-18H2,1-4H3,(H,25,28);13-15H,4-9,11-12H2,1H3/t21-,22+,23?;21-,22+,23?,33?;;13-,14+,15?,19?. The Labute approximate surface area is 722 Å². The van der Waals surface area contributed by atoms with Crippen molar-refractivity contribution in [1.82, 2.24) is 41.3 Å². The van der Waals surface area contributed by atoms with Crippen molar-refractivity contribution in [2.24, 2.45) is 53.3 Å². The van der Waals surface area contributed by atoms with E-state index in [9.17, 15) is 33.2 Å². The van der Waals surface area contributed by atoms with Gasteiger partial charge in [-0.05, 0) is 179 Å². The first kappa shape index (κ1) is 105. The molecule has 30 nitrogen and oxygen atoms in total. The molecule has 8 rings (SSSR count). The molecule has 121 heavy (non-hydrogen) atoms. The van der Waals surface area contributed by atoms with E-state index in [0.717, 1.165) is 114 Å². The minimum Gasteiger partial charge on any atom is -0.449 e. The third kappa shape index (κ3) is 43.5. The fraction of sp³-hybridized carbons (Fsp3) is 0.784. The number of hydrogen-bond donors (Lipinski definition) is 4. The van der Waals surface area contributed by atoms with Gasteiger partial charge in [0.1, 0.15) is 0 Å². The minimum atomic E-state index is -2.11. The Morgan fingerprint density at radius 3 is 1.43 bits per heavy atom. The summed E-state index contributed by atoms with van der Waals surface area (Å²) >= 11 is 0. The number of nitrogens with one attached hydrogen (secondary N) is 4. The summed E-state index contributed by atoms with van der Waals surface area (Å²) < 4.78 is 72.7. The number of carbonyl (C=O) groups excluding carboxylic acids is 6. The van der Waals surface area contributed by atoms with Crippen LogP contribution in [-0.4, -0.2) is 224 Å². The number of amides is 5. The number of alkyl carbamates (subject to hydrolysis) is 2. The molecular formula is C88H138FN11O19P2. The molecule has 0 aromatic carbocycles. The Kier molecular flexibility index (Phi) is 53.9. The van der Waals surface area contributed by atoms with Gasteiger partial charge in [-0.1, -0.05) is 24.8 Å². The number of ether oxygens (including phenoxy) is 6. The molecule has 33 heteroatoms. The zero-order chi connectivity index (χ0) is 87.8. The second kappa shape index (κ2) is 62.3. The van der Waals surface area contributed by atoms with Gasteiger partial charge in [0.15, 0.2) is 8.38 Å². The third-order valence-corrected chi connectivity index (χ3v) is 24.5. The van der Waals surface area contributed by atoms with E-state index >= 15 is 0 Å². The van der Waals surface area contributed by atoms with Crippen molar-refractivity contribution in [3.8, 4) is 65.6 Å². The molecule has 3 saturated carbocycles. The number of nitrogens with zero attached hydrogens (tertiary/aromatic N) is 7. The van der Waals surface area contributed by atoms with Crippen molar-refractivity contribution < 1.29 is 94.2 Å². The maximum Gasteiger partial charge on any atom is 0.407 e. The predicted octanol–water partition coefficient (Wildman–Crippen LogP) is 13.1. The lowest BCUT2D eigenvalue weighted by Crippen LogP contribution is -2.50. The van der Waals surface area contributed by atoms with E-state index in [1.54, 1.807) is 0 Å². The first-order valence-corrected chi connectivity index (χ1v) is 46.5. The van der Waals surface area contributed by atoms with Crippen molar-refractivity contribution in [2.75, 3.05) is 139 Å². The van der Waals surface area contributed by atoms with Crippen LogP contribution in [0, 0.1) is 135 Å². The van der Waals surface area contributed by atoms with Crippen molar-refractivity contribution in [3.05, 3.63) is 12.3 Å². The number of rotatable bonds is 53. The maximum absolute atomic E-state index is 14.8. The maximum atomic E-state index is 14.8. The van der Waals surface area contributed by atoms with Gasteiger partial charge in [-0.3, -0.25) is 24.1 Å². The predicted molar refractivity (Wildman–Crippen MR) is 455 cm³/mol. The Morgan fingerprint density at radius 1 is 0.512 bits per heavy atom. The first-order valence-electron chi connectivity index (χ1n) is 43.8. The Balaban J connectivity index is 0.000000294. The first-order chi connectivity index (χ1) is 58.5. The molecule has 0 spiro atoms. The van der Waals surface area contributed by atoms with E-state index in [2.05, 4.69) is 120 Å². The normalized spacial score (nSPS) is 22.6. The number of imide groups is 1. The highest BCUT2D eigenvalue weighted by Crippen LogP contribution is 2.56. The van der Waals surface area contributed by atoms with Crippen molar-refractivity contribution in [3.63, 3.8) is 0 Å². The van der Waals surface area contributed by atoms with Gasteiger partial charge in [0.05, 0.1) is 143 Å². The van der Waals surface area contributed by atoms with E-state index < -0.39 is 52.4 Å². The monoisotopic (exact) mass is 1730 g/mol. The van der Waals surface area contributed by atoms with Gasteiger partial charge in [-0.2, -0.15) is 20.8 Å². The summed E-state index contributed by atoms with van der Waals surface area (Å²) in [6, 6.07) is 6.97. The summed E-state index contributed by atoms with van der Waals surface area (Å²) in [6.07, 6.45) is 18.9. The number of carbonyl (C=O) groups is 6. The second-order valence-electron chi connectivity index (χ2n) is 31.7. The molecule has 12 atom stereocenters. The number of hydrogen-bond acceptors (Lipinski definition) is 26. The van der Waals surface area contributed by atoms with Crippen LogP contribution in [0.5, 0.6) is 0 Å². The molecule has 8 aliphatic rings. The van der Waals surface area contributed by atoms with Gasteiger partial charge in [0.2, 0.25) is 5.67 Å². The molecule has 7 aliphatic carbocycles. The van der Waals surface area contributed by atoms with Crippen LogP contribution in [0.4, 0.5) is 14.0 Å². The van der Waals surface area contributed by atoms with Gasteiger partial charge >= 0.3 is 18.2 Å². The lowest BCUT2D eigenvalue weighted by molar-refractivity contribution is -0.473.